The van der Waals surface area contributed by atoms with E-state index < -0.39 is 5.97 Å². The summed E-state index contributed by atoms with van der Waals surface area (Å²) in [7, 11) is 0. The van der Waals surface area contributed by atoms with Gasteiger partial charge in [0.05, 0.1) is 25.6 Å². The predicted molar refractivity (Wildman–Crippen MR) is 167 cm³/mol. The highest BCUT2D eigenvalue weighted by atomic mass is 16.9. The summed E-state index contributed by atoms with van der Waals surface area (Å²) in [5.41, 5.74) is 1.35. The van der Waals surface area contributed by atoms with E-state index in [4.69, 9.17) is 14.2 Å². The van der Waals surface area contributed by atoms with Crippen molar-refractivity contribution < 1.29 is 14.2 Å². The number of rotatable bonds is 29. The molecule has 0 aliphatic rings. The first-order chi connectivity index (χ1) is 18.7. The Morgan fingerprint density at radius 1 is 0.526 bits per heavy atom. The van der Waals surface area contributed by atoms with Gasteiger partial charge in [-0.25, -0.2) is 0 Å². The molecule has 0 unspecified atom stereocenters. The van der Waals surface area contributed by atoms with Crippen molar-refractivity contribution in [2.75, 3.05) is 6.61 Å². The molecule has 0 spiro atoms. The molecule has 0 heterocycles. The van der Waals surface area contributed by atoms with Crippen LogP contribution in [0.1, 0.15) is 176 Å². The highest BCUT2D eigenvalue weighted by molar-refractivity contribution is 5.03. The second kappa shape index (κ2) is 28.8. The smallest absolute Gasteiger partial charge is 0.374 e. The molecule has 3 heteroatoms. The minimum atomic E-state index is -1.08. The van der Waals surface area contributed by atoms with Gasteiger partial charge in [0.1, 0.15) is 0 Å². The van der Waals surface area contributed by atoms with Crippen LogP contribution in [0, 0.1) is 0 Å². The molecule has 0 N–H and O–H groups in total. The lowest BCUT2D eigenvalue weighted by atomic mass is 10.0. The zero-order chi connectivity index (χ0) is 28.0. The molecule has 0 amide bonds. The molecule has 224 valence electrons. The Morgan fingerprint density at radius 3 is 1.32 bits per heavy atom. The minimum Gasteiger partial charge on any atom is -0.438 e. The molecule has 0 aromatic heterocycles. The molecule has 3 nitrogen and oxygen atoms in total. The van der Waals surface area contributed by atoms with E-state index in [2.05, 4.69) is 26.8 Å². The van der Waals surface area contributed by atoms with E-state index in [1.54, 1.807) is 12.5 Å². The van der Waals surface area contributed by atoms with Crippen molar-refractivity contribution in [2.45, 2.75) is 182 Å². The van der Waals surface area contributed by atoms with Crippen LogP contribution in [0.5, 0.6) is 0 Å². The third kappa shape index (κ3) is 22.7. The Labute approximate surface area is 238 Å². The molecule has 0 bridgehead atoms. The average molecular weight is 535 g/mol. The van der Waals surface area contributed by atoms with E-state index in [9.17, 15) is 0 Å². The first kappa shape index (κ1) is 36.8. The van der Waals surface area contributed by atoms with Crippen molar-refractivity contribution in [1.29, 1.82) is 0 Å². The van der Waals surface area contributed by atoms with Crippen molar-refractivity contribution in [3.63, 3.8) is 0 Å². The van der Waals surface area contributed by atoms with Gasteiger partial charge in [0.2, 0.25) is 0 Å². The maximum absolute atomic E-state index is 6.26. The summed E-state index contributed by atoms with van der Waals surface area (Å²) in [6, 6.07) is 0. The lowest BCUT2D eigenvalue weighted by Gasteiger charge is -2.32. The Balaban J connectivity index is 4.18. The summed E-state index contributed by atoms with van der Waals surface area (Å²) >= 11 is 0. The van der Waals surface area contributed by atoms with Crippen LogP contribution < -0.4 is 0 Å². The van der Waals surface area contributed by atoms with Crippen LogP contribution in [0.3, 0.4) is 0 Å². The predicted octanol–water partition coefficient (Wildman–Crippen LogP) is 12.3. The molecule has 0 fully saturated rings. The molecule has 38 heavy (non-hydrogen) atoms. The van der Waals surface area contributed by atoms with Gasteiger partial charge in [0, 0.05) is 0 Å². The van der Waals surface area contributed by atoms with Gasteiger partial charge in [-0.3, -0.25) is 0 Å². The molecule has 0 aliphatic heterocycles. The fraction of sp³-hybridized carbons (Fsp3) is 0.829. The van der Waals surface area contributed by atoms with Gasteiger partial charge in [0.25, 0.3) is 0 Å². The summed E-state index contributed by atoms with van der Waals surface area (Å²) in [6.07, 6.45) is 38.1. The van der Waals surface area contributed by atoms with Crippen LogP contribution in [-0.2, 0) is 14.2 Å². The number of ether oxygens (including phenoxy) is 3. The Kier molecular flexibility index (Phi) is 27.9. The average Bonchev–Trinajstić information content (AvgIpc) is 2.93. The second-order valence-corrected chi connectivity index (χ2v) is 10.9. The topological polar surface area (TPSA) is 27.7 Å². The van der Waals surface area contributed by atoms with Gasteiger partial charge in [-0.05, 0) is 40.0 Å². The first-order valence-corrected chi connectivity index (χ1v) is 16.5. The zero-order valence-corrected chi connectivity index (χ0v) is 26.4. The molecule has 0 saturated heterocycles. The normalized spacial score (nSPS) is 12.7. The lowest BCUT2D eigenvalue weighted by molar-refractivity contribution is -0.340. The highest BCUT2D eigenvalue weighted by Gasteiger charge is 2.35. The SMILES string of the molecule is C/C=C/OC(C/C(=C/C)CCCCCCCCCCCCCCCCCC)(O/C=C/C)OCCCCCC. The summed E-state index contributed by atoms with van der Waals surface area (Å²) in [5, 5.41) is 0. The zero-order valence-electron chi connectivity index (χ0n) is 26.4. The van der Waals surface area contributed by atoms with Crippen LogP contribution in [0.25, 0.3) is 0 Å². The van der Waals surface area contributed by atoms with E-state index in [1.165, 1.54) is 128 Å². The van der Waals surface area contributed by atoms with Crippen molar-refractivity contribution in [3.8, 4) is 0 Å². The molecular formula is C35H66O3. The summed E-state index contributed by atoms with van der Waals surface area (Å²) in [4.78, 5) is 0. The number of hydrogen-bond acceptors (Lipinski definition) is 3. The highest BCUT2D eigenvalue weighted by Crippen LogP contribution is 2.29. The largest absolute Gasteiger partial charge is 0.438 e. The van der Waals surface area contributed by atoms with Crippen molar-refractivity contribution in [2.24, 2.45) is 0 Å². The quantitative estimate of drug-likeness (QED) is 0.0413. The third-order valence-corrected chi connectivity index (χ3v) is 7.29. The van der Waals surface area contributed by atoms with Crippen molar-refractivity contribution >= 4 is 0 Å². The molecule has 0 aliphatic carbocycles. The van der Waals surface area contributed by atoms with E-state index in [-0.39, 0.29) is 0 Å². The Bertz CT molecular complexity index is 550. The van der Waals surface area contributed by atoms with Crippen LogP contribution in [0.2, 0.25) is 0 Å². The molecule has 0 aromatic carbocycles. The Hall–Kier alpha value is -1.22. The van der Waals surface area contributed by atoms with Gasteiger partial charge in [0.15, 0.2) is 0 Å². The molecule has 0 aromatic rings. The van der Waals surface area contributed by atoms with Crippen LogP contribution in [0.15, 0.2) is 36.3 Å². The maximum atomic E-state index is 6.26. The summed E-state index contributed by atoms with van der Waals surface area (Å²) < 4.78 is 18.3. The van der Waals surface area contributed by atoms with Crippen molar-refractivity contribution in [1.82, 2.24) is 0 Å². The van der Waals surface area contributed by atoms with Crippen molar-refractivity contribution in [3.05, 3.63) is 36.3 Å². The van der Waals surface area contributed by atoms with Crippen LogP contribution in [0.4, 0.5) is 0 Å². The minimum absolute atomic E-state index is 0.630. The molecule has 0 rings (SSSR count). The first-order valence-electron chi connectivity index (χ1n) is 16.5. The van der Waals surface area contributed by atoms with Crippen LogP contribution >= 0.6 is 0 Å². The van der Waals surface area contributed by atoms with Gasteiger partial charge in [-0.2, -0.15) is 0 Å². The van der Waals surface area contributed by atoms with Gasteiger partial charge < -0.3 is 14.2 Å². The summed E-state index contributed by atoms with van der Waals surface area (Å²) in [6.45, 7) is 11.2. The van der Waals surface area contributed by atoms with E-state index in [1.807, 2.05) is 26.0 Å². The molecule has 0 radical (unpaired) electrons. The standard InChI is InChI=1S/C35H66O3/c1-6-11-13-15-16-17-18-19-20-21-22-23-24-25-26-27-29-34(10-5)33-35(36-30-8-3,37-31-9-4)38-32-28-14-12-7-2/h8-10,30-31H,6-7,11-29,32-33H2,1-5H3/b30-8+,31-9+,34-10+. The van der Waals surface area contributed by atoms with E-state index in [0.717, 1.165) is 12.8 Å². The number of hydrogen-bond donors (Lipinski definition) is 0. The molecule has 0 atom stereocenters. The van der Waals surface area contributed by atoms with E-state index >= 15 is 0 Å². The Morgan fingerprint density at radius 2 is 0.921 bits per heavy atom. The fourth-order valence-corrected chi connectivity index (χ4v) is 4.84. The fourth-order valence-electron chi connectivity index (χ4n) is 4.84. The van der Waals surface area contributed by atoms with Gasteiger partial charge in [-0.15, -0.1) is 0 Å². The maximum Gasteiger partial charge on any atom is 0.374 e. The van der Waals surface area contributed by atoms with Crippen LogP contribution in [-0.4, -0.2) is 12.6 Å². The molecular weight excluding hydrogens is 468 g/mol. The monoisotopic (exact) mass is 535 g/mol. The lowest BCUT2D eigenvalue weighted by Crippen LogP contribution is -2.37. The number of allylic oxidation sites excluding steroid dienone is 3. The number of unbranched alkanes of at least 4 members (excludes halogenated alkanes) is 18. The second-order valence-electron chi connectivity index (χ2n) is 10.9. The van der Waals surface area contributed by atoms with Gasteiger partial charge >= 0.3 is 5.97 Å². The van der Waals surface area contributed by atoms with Gasteiger partial charge in [-0.1, -0.05) is 153 Å². The third-order valence-electron chi connectivity index (χ3n) is 7.29. The summed E-state index contributed by atoms with van der Waals surface area (Å²) in [5.74, 6) is -1.08. The van der Waals surface area contributed by atoms with E-state index in [0.29, 0.717) is 13.0 Å². The molecule has 0 saturated carbocycles.